The highest BCUT2D eigenvalue weighted by molar-refractivity contribution is 5.89. The number of alkyl halides is 3. The smallest absolute Gasteiger partial charge is 0.328 e. The number of nitriles is 1. The molecule has 8 heteroatoms. The highest BCUT2D eigenvalue weighted by Gasteiger charge is 2.37. The first kappa shape index (κ1) is 23.8. The molecule has 0 fully saturated rings. The van der Waals surface area contributed by atoms with Crippen LogP contribution in [0.1, 0.15) is 25.0 Å². The Kier molecular flexibility index (Phi) is 7.37. The van der Waals surface area contributed by atoms with Crippen LogP contribution in [-0.2, 0) is 16.8 Å². The Morgan fingerprint density at radius 1 is 1.10 bits per heavy atom. The minimum atomic E-state index is -4.76. The van der Waals surface area contributed by atoms with Crippen molar-refractivity contribution in [3.05, 3.63) is 94.5 Å². The third-order valence-corrected chi connectivity index (χ3v) is 4.64. The normalized spacial score (nSPS) is 14.8. The number of hydrogen-bond donors (Lipinski definition) is 2. The molecule has 4 nitrogen and oxygen atoms in total. The van der Waals surface area contributed by atoms with Gasteiger partial charge >= 0.3 is 6.18 Å². The standard InChI is InChI=1S/C23H21F4N3O/c1-15(14-28)20(23(25,26)27)12-16(2)30-21(31)22(29,18-6-4-3-5-7-18)13-17-8-10-19(24)11-9-17/h3-12H,13,29H2,1-2H3,(H,30,31)/b16-12+,20-15-/t22-/m0/s1. The van der Waals surface area contributed by atoms with Crippen molar-refractivity contribution in [3.8, 4) is 6.07 Å². The van der Waals surface area contributed by atoms with E-state index in [2.05, 4.69) is 5.32 Å². The van der Waals surface area contributed by atoms with Crippen LogP contribution in [-0.4, -0.2) is 12.1 Å². The zero-order chi connectivity index (χ0) is 23.2. The number of hydrogen-bond acceptors (Lipinski definition) is 3. The summed E-state index contributed by atoms with van der Waals surface area (Å²) in [6.07, 6.45) is -4.09. The molecule has 31 heavy (non-hydrogen) atoms. The van der Waals surface area contributed by atoms with Crippen molar-refractivity contribution in [1.29, 1.82) is 5.26 Å². The van der Waals surface area contributed by atoms with Gasteiger partial charge in [0.25, 0.3) is 0 Å². The summed E-state index contributed by atoms with van der Waals surface area (Å²) in [5.41, 5.74) is 4.01. The molecule has 1 amide bonds. The van der Waals surface area contributed by atoms with Gasteiger partial charge in [-0.25, -0.2) is 4.39 Å². The van der Waals surface area contributed by atoms with Crippen molar-refractivity contribution < 1.29 is 22.4 Å². The van der Waals surface area contributed by atoms with Crippen LogP contribution in [0.3, 0.4) is 0 Å². The van der Waals surface area contributed by atoms with Crippen molar-refractivity contribution >= 4 is 5.91 Å². The number of amides is 1. The number of carbonyl (C=O) groups is 1. The lowest BCUT2D eigenvalue weighted by Gasteiger charge is -2.29. The number of allylic oxidation sites excluding steroid dienone is 4. The maximum Gasteiger partial charge on any atom is 0.417 e. The number of benzene rings is 2. The number of halogens is 4. The van der Waals surface area contributed by atoms with E-state index in [4.69, 9.17) is 11.0 Å². The van der Waals surface area contributed by atoms with E-state index in [0.29, 0.717) is 17.2 Å². The molecule has 0 bridgehead atoms. The lowest BCUT2D eigenvalue weighted by Crippen LogP contribution is -2.52. The van der Waals surface area contributed by atoms with E-state index in [1.54, 1.807) is 30.3 Å². The van der Waals surface area contributed by atoms with E-state index in [1.165, 1.54) is 37.3 Å². The van der Waals surface area contributed by atoms with Gasteiger partial charge in [-0.05, 0) is 43.2 Å². The number of nitrogens with two attached hydrogens (primary N) is 1. The first-order chi connectivity index (χ1) is 14.5. The Bertz CT molecular complexity index is 1040. The Hall–Kier alpha value is -3.44. The summed E-state index contributed by atoms with van der Waals surface area (Å²) in [5, 5.41) is 11.3. The van der Waals surface area contributed by atoms with Crippen molar-refractivity contribution in [3.63, 3.8) is 0 Å². The van der Waals surface area contributed by atoms with Gasteiger partial charge in [-0.15, -0.1) is 0 Å². The molecule has 0 unspecified atom stereocenters. The maximum atomic E-state index is 13.3. The monoisotopic (exact) mass is 431 g/mol. The molecule has 162 valence electrons. The summed E-state index contributed by atoms with van der Waals surface area (Å²) in [7, 11) is 0. The SMILES string of the molecule is C/C(C#N)=C(\C=C(/C)NC(=O)[C@](N)(Cc1ccc(F)cc1)c1ccccc1)C(F)(F)F. The molecule has 0 heterocycles. The minimum absolute atomic E-state index is 0.0183. The van der Waals surface area contributed by atoms with E-state index >= 15 is 0 Å². The van der Waals surface area contributed by atoms with Gasteiger partial charge in [-0.3, -0.25) is 4.79 Å². The van der Waals surface area contributed by atoms with Crippen LogP contribution in [0.5, 0.6) is 0 Å². The number of carbonyl (C=O) groups excluding carboxylic acids is 1. The Labute approximate surface area is 177 Å². The fourth-order valence-corrected chi connectivity index (χ4v) is 2.98. The van der Waals surface area contributed by atoms with Crippen molar-refractivity contribution in [2.24, 2.45) is 5.73 Å². The molecular formula is C23H21F4N3O. The quantitative estimate of drug-likeness (QED) is 0.397. The predicted octanol–water partition coefficient (Wildman–Crippen LogP) is 4.64. The van der Waals surface area contributed by atoms with Gasteiger partial charge in [0, 0.05) is 17.7 Å². The summed E-state index contributed by atoms with van der Waals surface area (Å²) in [4.78, 5) is 13.1. The second kappa shape index (κ2) is 9.58. The highest BCUT2D eigenvalue weighted by atomic mass is 19.4. The van der Waals surface area contributed by atoms with Crippen LogP contribution in [0, 0.1) is 17.1 Å². The molecule has 3 N–H and O–H groups in total. The van der Waals surface area contributed by atoms with Gasteiger partial charge in [0.1, 0.15) is 11.4 Å². The van der Waals surface area contributed by atoms with E-state index in [0.717, 1.165) is 6.92 Å². The van der Waals surface area contributed by atoms with Crippen molar-refractivity contribution in [2.45, 2.75) is 32.0 Å². The molecule has 0 saturated carbocycles. The average Bonchev–Trinajstić information content (AvgIpc) is 2.72. The summed E-state index contributed by atoms with van der Waals surface area (Å²) < 4.78 is 53.0. The number of nitrogens with zero attached hydrogens (tertiary/aromatic N) is 1. The molecule has 0 aromatic heterocycles. The molecule has 2 rings (SSSR count). The molecular weight excluding hydrogens is 410 g/mol. The molecule has 0 spiro atoms. The lowest BCUT2D eigenvalue weighted by molar-refractivity contribution is -0.126. The molecule has 0 aliphatic rings. The summed E-state index contributed by atoms with van der Waals surface area (Å²) in [5.74, 6) is -1.19. The molecule has 0 saturated heterocycles. The third-order valence-electron chi connectivity index (χ3n) is 4.64. The first-order valence-electron chi connectivity index (χ1n) is 9.24. The van der Waals surface area contributed by atoms with Crippen LogP contribution in [0.4, 0.5) is 17.6 Å². The van der Waals surface area contributed by atoms with E-state index < -0.39 is 34.6 Å². The average molecular weight is 431 g/mol. The van der Waals surface area contributed by atoms with Crippen LogP contribution >= 0.6 is 0 Å². The van der Waals surface area contributed by atoms with E-state index in [1.807, 2.05) is 0 Å². The minimum Gasteiger partial charge on any atom is -0.328 e. The first-order valence-corrected chi connectivity index (χ1v) is 9.24. The molecule has 2 aromatic rings. The number of nitrogens with one attached hydrogen (secondary N) is 1. The van der Waals surface area contributed by atoms with Gasteiger partial charge in [0.05, 0.1) is 11.6 Å². The fourth-order valence-electron chi connectivity index (χ4n) is 2.98. The van der Waals surface area contributed by atoms with Crippen molar-refractivity contribution in [2.75, 3.05) is 0 Å². The van der Waals surface area contributed by atoms with Crippen molar-refractivity contribution in [1.82, 2.24) is 5.32 Å². The number of rotatable bonds is 6. The van der Waals surface area contributed by atoms with Crippen LogP contribution in [0.15, 0.2) is 77.5 Å². The van der Waals surface area contributed by atoms with E-state index in [-0.39, 0.29) is 12.1 Å². The maximum absolute atomic E-state index is 13.3. The fraction of sp³-hybridized carbons (Fsp3) is 0.217. The molecule has 0 aliphatic heterocycles. The van der Waals surface area contributed by atoms with Crippen LogP contribution in [0.25, 0.3) is 0 Å². The molecule has 2 aromatic carbocycles. The van der Waals surface area contributed by atoms with Crippen LogP contribution < -0.4 is 11.1 Å². The Morgan fingerprint density at radius 3 is 2.19 bits per heavy atom. The molecule has 0 radical (unpaired) electrons. The van der Waals surface area contributed by atoms with E-state index in [9.17, 15) is 22.4 Å². The highest BCUT2D eigenvalue weighted by Crippen LogP contribution is 2.30. The largest absolute Gasteiger partial charge is 0.417 e. The summed E-state index contributed by atoms with van der Waals surface area (Å²) in [6, 6.07) is 15.2. The summed E-state index contributed by atoms with van der Waals surface area (Å²) in [6.45, 7) is 2.32. The Morgan fingerprint density at radius 2 is 1.68 bits per heavy atom. The molecule has 0 aliphatic carbocycles. The second-order valence-corrected chi connectivity index (χ2v) is 7.07. The zero-order valence-electron chi connectivity index (χ0n) is 16.9. The zero-order valence-corrected chi connectivity index (χ0v) is 16.9. The second-order valence-electron chi connectivity index (χ2n) is 7.07. The van der Waals surface area contributed by atoms with Crippen LogP contribution in [0.2, 0.25) is 0 Å². The van der Waals surface area contributed by atoms with Gasteiger partial charge in [-0.1, -0.05) is 42.5 Å². The molecule has 1 atom stereocenters. The summed E-state index contributed by atoms with van der Waals surface area (Å²) >= 11 is 0. The van der Waals surface area contributed by atoms with Gasteiger partial charge < -0.3 is 11.1 Å². The lowest BCUT2D eigenvalue weighted by atomic mass is 9.83. The van der Waals surface area contributed by atoms with Gasteiger partial charge in [-0.2, -0.15) is 18.4 Å². The van der Waals surface area contributed by atoms with Gasteiger partial charge in [0.15, 0.2) is 0 Å². The third kappa shape index (κ3) is 6.03. The topological polar surface area (TPSA) is 78.9 Å². The van der Waals surface area contributed by atoms with Gasteiger partial charge in [0.2, 0.25) is 5.91 Å². The predicted molar refractivity (Wildman–Crippen MR) is 109 cm³/mol. The Balaban J connectivity index is 2.42.